The highest BCUT2D eigenvalue weighted by molar-refractivity contribution is 5.85. The molecule has 1 aromatic rings. The molecule has 2 N–H and O–H groups in total. The minimum Gasteiger partial charge on any atom is -0.356 e. The van der Waals surface area contributed by atoms with Crippen molar-refractivity contribution < 1.29 is 18.0 Å². The highest BCUT2D eigenvalue weighted by Gasteiger charge is 2.30. The van der Waals surface area contributed by atoms with Crippen molar-refractivity contribution in [3.63, 3.8) is 0 Å². The lowest BCUT2D eigenvalue weighted by Gasteiger charge is -2.27. The Morgan fingerprint density at radius 2 is 1.93 bits per heavy atom. The van der Waals surface area contributed by atoms with E-state index in [1.807, 2.05) is 6.92 Å². The van der Waals surface area contributed by atoms with E-state index < -0.39 is 11.7 Å². The predicted octanol–water partition coefficient (Wildman–Crippen LogP) is 4.76. The van der Waals surface area contributed by atoms with E-state index in [1.54, 1.807) is 6.07 Å². The van der Waals surface area contributed by atoms with E-state index in [-0.39, 0.29) is 24.2 Å². The van der Waals surface area contributed by atoms with E-state index in [1.165, 1.54) is 12.1 Å². The monoisotopic (exact) mass is 406 g/mol. The Balaban J connectivity index is 0.00000364. The van der Waals surface area contributed by atoms with Crippen LogP contribution in [0, 0.1) is 11.8 Å². The second kappa shape index (κ2) is 10.9. The number of benzene rings is 1. The van der Waals surface area contributed by atoms with Crippen LogP contribution in [-0.4, -0.2) is 25.5 Å². The van der Waals surface area contributed by atoms with Gasteiger partial charge in [-0.2, -0.15) is 13.2 Å². The Morgan fingerprint density at radius 3 is 2.56 bits per heavy atom. The van der Waals surface area contributed by atoms with Crippen molar-refractivity contribution >= 4 is 18.3 Å². The minimum atomic E-state index is -4.32. The van der Waals surface area contributed by atoms with Crippen LogP contribution in [0.15, 0.2) is 24.3 Å². The molecule has 154 valence electrons. The molecule has 0 saturated carbocycles. The van der Waals surface area contributed by atoms with Crippen molar-refractivity contribution in [3.05, 3.63) is 35.4 Å². The first-order valence-electron chi connectivity index (χ1n) is 9.42. The Labute approximate surface area is 165 Å². The predicted molar refractivity (Wildman–Crippen MR) is 104 cm³/mol. The zero-order valence-corrected chi connectivity index (χ0v) is 16.8. The fraction of sp³-hybridized carbons (Fsp3) is 0.650. The van der Waals surface area contributed by atoms with Crippen LogP contribution in [-0.2, 0) is 11.0 Å². The van der Waals surface area contributed by atoms with Crippen molar-refractivity contribution in [1.82, 2.24) is 10.6 Å². The summed E-state index contributed by atoms with van der Waals surface area (Å²) in [6.07, 6.45) is -0.964. The summed E-state index contributed by atoms with van der Waals surface area (Å²) in [5.41, 5.74) is 0.0267. The maximum atomic E-state index is 12.8. The van der Waals surface area contributed by atoms with E-state index in [9.17, 15) is 18.0 Å². The van der Waals surface area contributed by atoms with Gasteiger partial charge in [-0.1, -0.05) is 32.0 Å². The lowest BCUT2D eigenvalue weighted by Crippen LogP contribution is -2.33. The van der Waals surface area contributed by atoms with Gasteiger partial charge in [0.25, 0.3) is 0 Å². The molecule has 1 fully saturated rings. The van der Waals surface area contributed by atoms with Gasteiger partial charge >= 0.3 is 6.18 Å². The van der Waals surface area contributed by atoms with Gasteiger partial charge in [-0.15, -0.1) is 12.4 Å². The molecular weight excluding hydrogens is 377 g/mol. The van der Waals surface area contributed by atoms with E-state index in [4.69, 9.17) is 0 Å². The molecule has 3 nitrogen and oxygen atoms in total. The molecular formula is C20H30ClF3N2O. The number of halogens is 4. The molecule has 0 spiro atoms. The highest BCUT2D eigenvalue weighted by Crippen LogP contribution is 2.31. The number of hydrogen-bond donors (Lipinski definition) is 2. The molecule has 1 amide bonds. The van der Waals surface area contributed by atoms with Crippen molar-refractivity contribution in [2.75, 3.05) is 19.6 Å². The fourth-order valence-electron chi connectivity index (χ4n) is 3.56. The lowest BCUT2D eigenvalue weighted by molar-refractivity contribution is -0.137. The quantitative estimate of drug-likeness (QED) is 0.685. The Hall–Kier alpha value is -1.27. The normalized spacial score (nSPS) is 17.7. The number of amides is 1. The van der Waals surface area contributed by atoms with Gasteiger partial charge in [-0.25, -0.2) is 0 Å². The molecule has 2 unspecified atom stereocenters. The standard InChI is InChI=1S/C20H29F3N2O.ClH/c1-14(17-4-3-5-18(13-17)20(21,22)23)6-11-25-19(26)12-15(2)16-7-9-24-10-8-16;/h3-5,13-16,24H,6-12H2,1-2H3,(H,25,26);1H. The molecule has 0 aromatic heterocycles. The maximum absolute atomic E-state index is 12.8. The average molecular weight is 407 g/mol. The molecule has 1 aromatic carbocycles. The average Bonchev–Trinajstić information content (AvgIpc) is 2.61. The molecule has 1 aliphatic rings. The molecule has 1 aliphatic heterocycles. The first-order chi connectivity index (χ1) is 12.3. The summed E-state index contributed by atoms with van der Waals surface area (Å²) in [6, 6.07) is 5.43. The smallest absolute Gasteiger partial charge is 0.356 e. The topological polar surface area (TPSA) is 41.1 Å². The van der Waals surface area contributed by atoms with Gasteiger partial charge in [0.1, 0.15) is 0 Å². The second-order valence-electron chi connectivity index (χ2n) is 7.43. The summed E-state index contributed by atoms with van der Waals surface area (Å²) in [6.45, 7) is 6.53. The summed E-state index contributed by atoms with van der Waals surface area (Å²) in [4.78, 5) is 12.1. The van der Waals surface area contributed by atoms with E-state index >= 15 is 0 Å². The molecule has 0 aliphatic carbocycles. The number of carbonyl (C=O) groups is 1. The molecule has 1 saturated heterocycles. The molecule has 0 radical (unpaired) electrons. The summed E-state index contributed by atoms with van der Waals surface area (Å²) >= 11 is 0. The molecule has 1 heterocycles. The zero-order chi connectivity index (χ0) is 19.2. The number of nitrogens with one attached hydrogen (secondary N) is 2. The third-order valence-electron chi connectivity index (χ3n) is 5.38. The number of carbonyl (C=O) groups excluding carboxylic acids is 1. The summed E-state index contributed by atoms with van der Waals surface area (Å²) in [7, 11) is 0. The maximum Gasteiger partial charge on any atom is 0.416 e. The van der Waals surface area contributed by atoms with Crippen LogP contribution in [0.1, 0.15) is 56.6 Å². The molecule has 2 atom stereocenters. The van der Waals surface area contributed by atoms with Crippen LogP contribution in [0.25, 0.3) is 0 Å². The van der Waals surface area contributed by atoms with Gasteiger partial charge in [0, 0.05) is 13.0 Å². The van der Waals surface area contributed by atoms with Gasteiger partial charge in [0.2, 0.25) is 5.91 Å². The van der Waals surface area contributed by atoms with Crippen LogP contribution in [0.2, 0.25) is 0 Å². The summed E-state index contributed by atoms with van der Waals surface area (Å²) < 4.78 is 38.4. The van der Waals surface area contributed by atoms with Crippen molar-refractivity contribution in [2.24, 2.45) is 11.8 Å². The minimum absolute atomic E-state index is 0. The lowest BCUT2D eigenvalue weighted by atomic mass is 9.84. The summed E-state index contributed by atoms with van der Waals surface area (Å²) in [5.74, 6) is 0.940. The van der Waals surface area contributed by atoms with Gasteiger partial charge in [0.15, 0.2) is 0 Å². The van der Waals surface area contributed by atoms with Gasteiger partial charge in [0.05, 0.1) is 5.56 Å². The van der Waals surface area contributed by atoms with E-state index in [2.05, 4.69) is 17.6 Å². The van der Waals surface area contributed by atoms with E-state index in [0.717, 1.165) is 32.0 Å². The Kier molecular flexibility index (Phi) is 9.60. The van der Waals surface area contributed by atoms with Crippen LogP contribution in [0.5, 0.6) is 0 Å². The zero-order valence-electron chi connectivity index (χ0n) is 15.9. The first kappa shape index (κ1) is 23.8. The highest BCUT2D eigenvalue weighted by atomic mass is 35.5. The van der Waals surface area contributed by atoms with Crippen molar-refractivity contribution in [1.29, 1.82) is 0 Å². The third-order valence-corrected chi connectivity index (χ3v) is 5.38. The van der Waals surface area contributed by atoms with E-state index in [0.29, 0.717) is 36.8 Å². The molecule has 27 heavy (non-hydrogen) atoms. The summed E-state index contributed by atoms with van der Waals surface area (Å²) in [5, 5.41) is 6.25. The first-order valence-corrected chi connectivity index (χ1v) is 9.42. The number of rotatable bonds is 7. The van der Waals surface area contributed by atoms with Crippen LogP contribution >= 0.6 is 12.4 Å². The number of hydrogen-bond acceptors (Lipinski definition) is 2. The van der Waals surface area contributed by atoms with Crippen LogP contribution in [0.4, 0.5) is 13.2 Å². The van der Waals surface area contributed by atoms with Gasteiger partial charge in [-0.05, 0) is 61.7 Å². The second-order valence-corrected chi connectivity index (χ2v) is 7.43. The number of alkyl halides is 3. The van der Waals surface area contributed by atoms with Crippen molar-refractivity contribution in [2.45, 2.75) is 51.6 Å². The molecule has 7 heteroatoms. The SMILES string of the molecule is CC(CCNC(=O)CC(C)C1CCNCC1)c1cccc(C(F)(F)F)c1.Cl. The van der Waals surface area contributed by atoms with Crippen LogP contribution in [0.3, 0.4) is 0 Å². The Morgan fingerprint density at radius 1 is 1.26 bits per heavy atom. The molecule has 0 bridgehead atoms. The van der Waals surface area contributed by atoms with Crippen LogP contribution < -0.4 is 10.6 Å². The largest absolute Gasteiger partial charge is 0.416 e. The fourth-order valence-corrected chi connectivity index (χ4v) is 3.56. The molecule has 2 rings (SSSR count). The van der Waals surface area contributed by atoms with Crippen molar-refractivity contribution in [3.8, 4) is 0 Å². The number of piperidine rings is 1. The Bertz CT molecular complexity index is 589. The van der Waals surface area contributed by atoms with Gasteiger partial charge in [-0.3, -0.25) is 4.79 Å². The van der Waals surface area contributed by atoms with Gasteiger partial charge < -0.3 is 10.6 Å². The third kappa shape index (κ3) is 7.70.